The van der Waals surface area contributed by atoms with Gasteiger partial charge in [-0.1, -0.05) is 12.5 Å². The molecule has 1 unspecified atom stereocenters. The van der Waals surface area contributed by atoms with Crippen LogP contribution >= 0.6 is 0 Å². The van der Waals surface area contributed by atoms with Crippen LogP contribution < -0.4 is 16.4 Å². The van der Waals surface area contributed by atoms with Gasteiger partial charge in [0, 0.05) is 19.6 Å². The van der Waals surface area contributed by atoms with Crippen LogP contribution in [0.25, 0.3) is 0 Å². The summed E-state index contributed by atoms with van der Waals surface area (Å²) in [6.45, 7) is 1.50. The Kier molecular flexibility index (Phi) is 9.20. The molecule has 0 aliphatic carbocycles. The molecular formula is C22H28F3N5O5. The number of likely N-dealkylation sites (N-methyl/N-ethyl adjacent to an activating group) is 1. The minimum Gasteiger partial charge on any atom is -0.386 e. The van der Waals surface area contributed by atoms with Gasteiger partial charge >= 0.3 is 18.1 Å². The molecule has 1 atom stereocenters. The Morgan fingerprint density at radius 2 is 1.86 bits per heavy atom. The first kappa shape index (κ1) is 27.6. The average molecular weight is 499 g/mol. The molecule has 0 saturated heterocycles. The maximum atomic E-state index is 13.3. The molecule has 2 amide bonds. The highest BCUT2D eigenvalue weighted by atomic mass is 19.4. The number of amides is 2. The van der Waals surface area contributed by atoms with E-state index in [1.807, 2.05) is 6.07 Å². The number of aliphatic imine (C=N–C) groups is 1. The first-order valence-corrected chi connectivity index (χ1v) is 10.9. The van der Waals surface area contributed by atoms with Gasteiger partial charge in [0.05, 0.1) is 17.7 Å². The number of hydrogen-bond acceptors (Lipinski definition) is 6. The number of nitrogens with zero attached hydrogens (tertiary/aromatic N) is 3. The summed E-state index contributed by atoms with van der Waals surface area (Å²) in [6.07, 6.45) is -2.92. The van der Waals surface area contributed by atoms with Crippen LogP contribution in [0.15, 0.2) is 23.2 Å². The van der Waals surface area contributed by atoms with Crippen LogP contribution in [0, 0.1) is 0 Å². The van der Waals surface area contributed by atoms with E-state index in [4.69, 9.17) is 11.5 Å². The van der Waals surface area contributed by atoms with Gasteiger partial charge in [0.1, 0.15) is 6.54 Å². The molecular weight excluding hydrogens is 471 g/mol. The summed E-state index contributed by atoms with van der Waals surface area (Å²) in [6, 6.07) is 4.13. The smallest absolute Gasteiger partial charge is 0.386 e. The van der Waals surface area contributed by atoms with E-state index in [-0.39, 0.29) is 11.5 Å². The largest absolute Gasteiger partial charge is 0.491 e. The average Bonchev–Trinajstić information content (AvgIpc) is 2.85. The van der Waals surface area contributed by atoms with Gasteiger partial charge < -0.3 is 26.0 Å². The predicted molar refractivity (Wildman–Crippen MR) is 120 cm³/mol. The molecule has 1 aromatic rings. The van der Waals surface area contributed by atoms with Crippen molar-refractivity contribution in [3.63, 3.8) is 0 Å². The van der Waals surface area contributed by atoms with Crippen molar-refractivity contribution in [2.24, 2.45) is 16.5 Å². The lowest BCUT2D eigenvalue weighted by Crippen LogP contribution is -2.44. The number of hydrogen-bond donors (Lipinski definition) is 2. The van der Waals surface area contributed by atoms with Gasteiger partial charge in [-0.15, -0.1) is 0 Å². The van der Waals surface area contributed by atoms with Crippen molar-refractivity contribution in [1.29, 1.82) is 0 Å². The summed E-state index contributed by atoms with van der Waals surface area (Å²) in [5.74, 6) is -5.06. The van der Waals surface area contributed by atoms with Gasteiger partial charge in [0.15, 0.2) is 5.96 Å². The minimum absolute atomic E-state index is 0.0342. The summed E-state index contributed by atoms with van der Waals surface area (Å²) in [7, 11) is 1.50. The van der Waals surface area contributed by atoms with E-state index in [9.17, 15) is 32.3 Å². The molecule has 0 fully saturated rings. The van der Waals surface area contributed by atoms with Crippen molar-refractivity contribution < 1.29 is 37.1 Å². The monoisotopic (exact) mass is 499 g/mol. The van der Waals surface area contributed by atoms with E-state index in [0.29, 0.717) is 18.7 Å². The second-order valence-electron chi connectivity index (χ2n) is 8.17. The first-order valence-electron chi connectivity index (χ1n) is 10.9. The maximum Gasteiger partial charge on any atom is 0.491 e. The Hall–Kier alpha value is -3.64. The third kappa shape index (κ3) is 7.69. The van der Waals surface area contributed by atoms with Crippen LogP contribution in [-0.2, 0) is 25.5 Å². The minimum atomic E-state index is -5.32. The number of carbonyl (C=O) groups is 4. The highest BCUT2D eigenvalue weighted by Crippen LogP contribution is 2.28. The zero-order chi connectivity index (χ0) is 26.3. The standard InChI is InChI=1S/C22H28F3N5O5/c1-13(10-18(32)35-20(34)22(23,24)25)30-12-17(31)29(2)16-8-7-14(11-15(16)19(30)33)6-4-3-5-9-28-21(26)27/h7-8,11,13H,3-6,9-10,12H2,1-2H3,(H4,26,27,28). The lowest BCUT2D eigenvalue weighted by molar-refractivity contribution is -0.202. The molecule has 10 nitrogen and oxygen atoms in total. The van der Waals surface area contributed by atoms with Gasteiger partial charge in [-0.2, -0.15) is 13.2 Å². The number of esters is 2. The maximum absolute atomic E-state index is 13.3. The van der Waals surface area contributed by atoms with E-state index in [1.165, 1.54) is 18.9 Å². The van der Waals surface area contributed by atoms with Gasteiger partial charge in [-0.25, -0.2) is 4.79 Å². The SMILES string of the molecule is CC(CC(=O)OC(=O)C(F)(F)F)N1CC(=O)N(C)c2ccc(CCCCCN=C(N)N)cc2C1=O. The number of benzene rings is 1. The van der Waals surface area contributed by atoms with E-state index in [2.05, 4.69) is 9.73 Å². The number of rotatable bonds is 9. The molecule has 4 N–H and O–H groups in total. The Balaban J connectivity index is 2.13. The van der Waals surface area contributed by atoms with Crippen LogP contribution in [0.4, 0.5) is 18.9 Å². The summed E-state index contributed by atoms with van der Waals surface area (Å²) in [4.78, 5) is 54.9. The Bertz CT molecular complexity index is 1010. The van der Waals surface area contributed by atoms with Crippen molar-refractivity contribution in [2.75, 3.05) is 25.0 Å². The van der Waals surface area contributed by atoms with Crippen LogP contribution in [-0.4, -0.2) is 67.0 Å². The zero-order valence-corrected chi connectivity index (χ0v) is 19.4. The van der Waals surface area contributed by atoms with Crippen molar-refractivity contribution in [3.8, 4) is 0 Å². The molecule has 0 saturated carbocycles. The number of halogens is 3. The van der Waals surface area contributed by atoms with Gasteiger partial charge in [0.2, 0.25) is 5.91 Å². The van der Waals surface area contributed by atoms with Crippen molar-refractivity contribution in [2.45, 2.75) is 51.2 Å². The van der Waals surface area contributed by atoms with Crippen LogP contribution in [0.5, 0.6) is 0 Å². The lowest BCUT2D eigenvalue weighted by atomic mass is 10.0. The summed E-state index contributed by atoms with van der Waals surface area (Å²) in [5, 5.41) is 0. The Morgan fingerprint density at radius 1 is 1.17 bits per heavy atom. The van der Waals surface area contributed by atoms with Gasteiger partial charge in [-0.3, -0.25) is 19.4 Å². The van der Waals surface area contributed by atoms with Crippen LogP contribution in [0.1, 0.15) is 48.5 Å². The summed E-state index contributed by atoms with van der Waals surface area (Å²) < 4.78 is 40.8. The molecule has 1 aliphatic heterocycles. The van der Waals surface area contributed by atoms with Gasteiger partial charge in [-0.05, 0) is 43.9 Å². The van der Waals surface area contributed by atoms with Crippen LogP contribution in [0.2, 0.25) is 0 Å². The fraction of sp³-hybridized carbons (Fsp3) is 0.500. The molecule has 0 radical (unpaired) electrons. The number of ether oxygens (including phenoxy) is 1. The topological polar surface area (TPSA) is 148 Å². The zero-order valence-electron chi connectivity index (χ0n) is 19.4. The Labute approximate surface area is 200 Å². The third-order valence-corrected chi connectivity index (χ3v) is 5.44. The highest BCUT2D eigenvalue weighted by Gasteiger charge is 2.43. The molecule has 0 aromatic heterocycles. The first-order chi connectivity index (χ1) is 16.3. The molecule has 13 heteroatoms. The third-order valence-electron chi connectivity index (χ3n) is 5.44. The quantitative estimate of drug-likeness (QED) is 0.172. The van der Waals surface area contributed by atoms with E-state index >= 15 is 0 Å². The molecule has 1 heterocycles. The second kappa shape index (κ2) is 11.7. The highest BCUT2D eigenvalue weighted by molar-refractivity contribution is 6.09. The summed E-state index contributed by atoms with van der Waals surface area (Å²) >= 11 is 0. The van der Waals surface area contributed by atoms with E-state index in [1.54, 1.807) is 12.1 Å². The molecule has 1 aromatic carbocycles. The molecule has 0 spiro atoms. The molecule has 0 bridgehead atoms. The number of aryl methyl sites for hydroxylation is 1. The molecule has 2 rings (SSSR count). The number of nitrogens with two attached hydrogens (primary N) is 2. The number of unbranched alkanes of at least 4 members (excludes halogenated alkanes) is 2. The van der Waals surface area contributed by atoms with E-state index < -0.39 is 48.9 Å². The van der Waals surface area contributed by atoms with Crippen LogP contribution in [0.3, 0.4) is 0 Å². The predicted octanol–water partition coefficient (Wildman–Crippen LogP) is 1.50. The number of fused-ring (bicyclic) bond motifs is 1. The number of alkyl halides is 3. The number of guanidine groups is 1. The second-order valence-corrected chi connectivity index (χ2v) is 8.17. The van der Waals surface area contributed by atoms with Gasteiger partial charge in [0.25, 0.3) is 5.91 Å². The van der Waals surface area contributed by atoms with Crippen molar-refractivity contribution in [1.82, 2.24) is 4.90 Å². The Morgan fingerprint density at radius 3 is 2.49 bits per heavy atom. The molecule has 35 heavy (non-hydrogen) atoms. The lowest BCUT2D eigenvalue weighted by Gasteiger charge is -2.26. The van der Waals surface area contributed by atoms with Crippen molar-refractivity contribution >= 4 is 35.4 Å². The number of anilines is 1. The fourth-order valence-electron chi connectivity index (χ4n) is 3.55. The molecule has 1 aliphatic rings. The fourth-order valence-corrected chi connectivity index (χ4v) is 3.55. The molecule has 192 valence electrons. The number of carbonyl (C=O) groups excluding carboxylic acids is 4. The van der Waals surface area contributed by atoms with Crippen molar-refractivity contribution in [3.05, 3.63) is 29.3 Å². The summed E-state index contributed by atoms with van der Waals surface area (Å²) in [5.41, 5.74) is 12.0. The van der Waals surface area contributed by atoms with E-state index in [0.717, 1.165) is 29.7 Å². The normalized spacial score (nSPS) is 14.8.